The normalized spacial score (nSPS) is 10.7. The van der Waals surface area contributed by atoms with Crippen molar-refractivity contribution in [3.63, 3.8) is 0 Å². The molecule has 2 aromatic rings. The van der Waals surface area contributed by atoms with Crippen molar-refractivity contribution in [1.29, 1.82) is 0 Å². The molecule has 6 heteroatoms. The number of para-hydroxylation sites is 1. The van der Waals surface area contributed by atoms with E-state index in [9.17, 15) is 4.39 Å². The van der Waals surface area contributed by atoms with Gasteiger partial charge < -0.3 is 11.1 Å². The summed E-state index contributed by atoms with van der Waals surface area (Å²) in [6.07, 6.45) is 0. The molecule has 0 aliphatic rings. The summed E-state index contributed by atoms with van der Waals surface area (Å²) in [5.41, 5.74) is 7.57. The maximum atomic E-state index is 13.7. The highest BCUT2D eigenvalue weighted by molar-refractivity contribution is 9.10. The molecule has 0 amide bonds. The van der Waals surface area contributed by atoms with E-state index in [0.29, 0.717) is 28.2 Å². The minimum atomic E-state index is -0.342. The van der Waals surface area contributed by atoms with Crippen molar-refractivity contribution in [2.45, 2.75) is 20.4 Å². The SMILES string of the molecule is CCn1nc(C)c(N)c1Nc1c(F)cccc1Br. The fourth-order valence-electron chi connectivity index (χ4n) is 1.69. The van der Waals surface area contributed by atoms with Crippen LogP contribution in [0, 0.1) is 12.7 Å². The Morgan fingerprint density at radius 2 is 2.22 bits per heavy atom. The number of anilines is 3. The molecule has 0 bridgehead atoms. The first kappa shape index (κ1) is 12.9. The monoisotopic (exact) mass is 312 g/mol. The summed E-state index contributed by atoms with van der Waals surface area (Å²) >= 11 is 3.31. The quantitative estimate of drug-likeness (QED) is 0.912. The number of halogens is 2. The molecule has 0 saturated carbocycles. The number of nitrogens with zero attached hydrogens (tertiary/aromatic N) is 2. The number of hydrogen-bond donors (Lipinski definition) is 2. The molecule has 0 spiro atoms. The number of nitrogens with two attached hydrogens (primary N) is 1. The molecule has 1 heterocycles. The Morgan fingerprint density at radius 3 is 2.83 bits per heavy atom. The third-order valence-corrected chi connectivity index (χ3v) is 3.34. The van der Waals surface area contributed by atoms with Crippen LogP contribution in [0.15, 0.2) is 22.7 Å². The zero-order chi connectivity index (χ0) is 13.3. The van der Waals surface area contributed by atoms with E-state index in [1.165, 1.54) is 6.07 Å². The van der Waals surface area contributed by atoms with Gasteiger partial charge in [0.1, 0.15) is 5.82 Å². The molecule has 3 N–H and O–H groups in total. The number of nitrogen functional groups attached to an aromatic ring is 1. The van der Waals surface area contributed by atoms with Gasteiger partial charge in [-0.05, 0) is 41.9 Å². The standard InChI is InChI=1S/C12H14BrFN4/c1-3-18-12(10(15)7(2)17-18)16-11-8(13)5-4-6-9(11)14/h4-6,16H,3,15H2,1-2H3. The van der Waals surface area contributed by atoms with Gasteiger partial charge >= 0.3 is 0 Å². The molecule has 96 valence electrons. The first-order chi connectivity index (χ1) is 8.54. The summed E-state index contributed by atoms with van der Waals surface area (Å²) < 4.78 is 16.1. The molecule has 1 aromatic heterocycles. The van der Waals surface area contributed by atoms with Gasteiger partial charge in [-0.2, -0.15) is 5.10 Å². The van der Waals surface area contributed by atoms with Crippen molar-refractivity contribution in [2.24, 2.45) is 0 Å². The van der Waals surface area contributed by atoms with Crippen molar-refractivity contribution in [3.8, 4) is 0 Å². The Labute approximate surface area is 113 Å². The lowest BCUT2D eigenvalue weighted by Gasteiger charge is -2.11. The summed E-state index contributed by atoms with van der Waals surface area (Å²) in [4.78, 5) is 0. The summed E-state index contributed by atoms with van der Waals surface area (Å²) in [5.74, 6) is 0.270. The van der Waals surface area contributed by atoms with E-state index in [1.807, 2.05) is 13.8 Å². The average Bonchev–Trinajstić information content (AvgIpc) is 2.61. The third kappa shape index (κ3) is 2.20. The number of aromatic nitrogens is 2. The average molecular weight is 313 g/mol. The van der Waals surface area contributed by atoms with E-state index in [-0.39, 0.29) is 5.82 Å². The summed E-state index contributed by atoms with van der Waals surface area (Å²) in [5, 5.41) is 7.28. The number of aryl methyl sites for hydroxylation is 2. The van der Waals surface area contributed by atoms with Crippen molar-refractivity contribution in [1.82, 2.24) is 9.78 Å². The first-order valence-corrected chi connectivity index (χ1v) is 6.37. The van der Waals surface area contributed by atoms with Gasteiger partial charge in [-0.3, -0.25) is 0 Å². The molecule has 0 unspecified atom stereocenters. The molecule has 0 atom stereocenters. The largest absolute Gasteiger partial charge is 0.394 e. The summed E-state index contributed by atoms with van der Waals surface area (Å²) in [6.45, 7) is 4.43. The van der Waals surface area contributed by atoms with Gasteiger partial charge in [-0.25, -0.2) is 9.07 Å². The maximum Gasteiger partial charge on any atom is 0.152 e. The smallest absolute Gasteiger partial charge is 0.152 e. The fourth-order valence-corrected chi connectivity index (χ4v) is 2.13. The van der Waals surface area contributed by atoms with Crippen LogP contribution in [-0.2, 0) is 6.54 Å². The zero-order valence-corrected chi connectivity index (χ0v) is 11.8. The second kappa shape index (κ2) is 4.97. The van der Waals surface area contributed by atoms with Crippen LogP contribution in [-0.4, -0.2) is 9.78 Å². The Hall–Kier alpha value is -1.56. The van der Waals surface area contributed by atoms with Crippen LogP contribution in [0.2, 0.25) is 0 Å². The number of rotatable bonds is 3. The molecule has 1 aromatic carbocycles. The minimum absolute atomic E-state index is 0.342. The summed E-state index contributed by atoms with van der Waals surface area (Å²) in [7, 11) is 0. The molecule has 2 rings (SSSR count). The van der Waals surface area contributed by atoms with Crippen molar-refractivity contribution in [3.05, 3.63) is 34.2 Å². The molecule has 0 fully saturated rings. The third-order valence-electron chi connectivity index (χ3n) is 2.68. The minimum Gasteiger partial charge on any atom is -0.394 e. The van der Waals surface area contributed by atoms with Crippen LogP contribution in [0.3, 0.4) is 0 Å². The predicted molar refractivity (Wildman–Crippen MR) is 74.4 cm³/mol. The highest BCUT2D eigenvalue weighted by atomic mass is 79.9. The molecule has 0 aliphatic heterocycles. The van der Waals surface area contributed by atoms with Crippen molar-refractivity contribution in [2.75, 3.05) is 11.1 Å². The fraction of sp³-hybridized carbons (Fsp3) is 0.250. The van der Waals surface area contributed by atoms with Crippen LogP contribution < -0.4 is 11.1 Å². The van der Waals surface area contributed by atoms with Gasteiger partial charge in [0.05, 0.1) is 17.1 Å². The Balaban J connectivity index is 2.46. The Kier molecular flexibility index (Phi) is 3.56. The Bertz CT molecular complexity index is 559. The van der Waals surface area contributed by atoms with Crippen molar-refractivity contribution < 1.29 is 4.39 Å². The molecular formula is C12H14BrFN4. The van der Waals surface area contributed by atoms with Crippen LogP contribution >= 0.6 is 15.9 Å². The van der Waals surface area contributed by atoms with E-state index in [1.54, 1.807) is 16.8 Å². The Morgan fingerprint density at radius 1 is 1.50 bits per heavy atom. The van der Waals surface area contributed by atoms with E-state index < -0.39 is 0 Å². The van der Waals surface area contributed by atoms with E-state index in [2.05, 4.69) is 26.3 Å². The van der Waals surface area contributed by atoms with Crippen LogP contribution in [0.1, 0.15) is 12.6 Å². The lowest BCUT2D eigenvalue weighted by molar-refractivity contribution is 0.628. The second-order valence-corrected chi connectivity index (χ2v) is 4.74. The molecule has 0 radical (unpaired) electrons. The number of benzene rings is 1. The van der Waals surface area contributed by atoms with E-state index >= 15 is 0 Å². The van der Waals surface area contributed by atoms with Gasteiger partial charge in [0.15, 0.2) is 5.82 Å². The second-order valence-electron chi connectivity index (χ2n) is 3.89. The highest BCUT2D eigenvalue weighted by Gasteiger charge is 2.14. The first-order valence-electron chi connectivity index (χ1n) is 5.58. The topological polar surface area (TPSA) is 55.9 Å². The number of nitrogens with one attached hydrogen (secondary N) is 1. The molecule has 18 heavy (non-hydrogen) atoms. The molecule has 4 nitrogen and oxygen atoms in total. The maximum absolute atomic E-state index is 13.7. The molecule has 0 aliphatic carbocycles. The zero-order valence-electron chi connectivity index (χ0n) is 10.2. The van der Waals surface area contributed by atoms with Crippen LogP contribution in [0.4, 0.5) is 21.6 Å². The van der Waals surface area contributed by atoms with Gasteiger partial charge in [0, 0.05) is 11.0 Å². The van der Waals surface area contributed by atoms with E-state index in [4.69, 9.17) is 5.73 Å². The highest BCUT2D eigenvalue weighted by Crippen LogP contribution is 2.32. The van der Waals surface area contributed by atoms with Gasteiger partial charge in [0.2, 0.25) is 0 Å². The van der Waals surface area contributed by atoms with Crippen LogP contribution in [0.5, 0.6) is 0 Å². The van der Waals surface area contributed by atoms with Gasteiger partial charge in [0.25, 0.3) is 0 Å². The van der Waals surface area contributed by atoms with Crippen molar-refractivity contribution >= 4 is 33.1 Å². The van der Waals surface area contributed by atoms with Gasteiger partial charge in [-0.1, -0.05) is 6.07 Å². The molecule has 0 saturated heterocycles. The lowest BCUT2D eigenvalue weighted by atomic mass is 10.3. The lowest BCUT2D eigenvalue weighted by Crippen LogP contribution is -2.05. The van der Waals surface area contributed by atoms with Gasteiger partial charge in [-0.15, -0.1) is 0 Å². The molecular weight excluding hydrogens is 299 g/mol. The predicted octanol–water partition coefficient (Wildman–Crippen LogP) is 3.44. The summed E-state index contributed by atoms with van der Waals surface area (Å²) in [6, 6.07) is 4.79. The van der Waals surface area contributed by atoms with Crippen LogP contribution in [0.25, 0.3) is 0 Å². The van der Waals surface area contributed by atoms with E-state index in [0.717, 1.165) is 5.69 Å². The number of hydrogen-bond acceptors (Lipinski definition) is 3.